The van der Waals surface area contributed by atoms with Crippen LogP contribution in [0.1, 0.15) is 40.0 Å². The predicted molar refractivity (Wildman–Crippen MR) is 113 cm³/mol. The molecule has 0 radical (unpaired) electrons. The number of aliphatic carboxylic acids is 1. The zero-order chi connectivity index (χ0) is 23.4. The van der Waals surface area contributed by atoms with Gasteiger partial charge in [0.05, 0.1) is 6.04 Å². The van der Waals surface area contributed by atoms with Crippen molar-refractivity contribution < 1.29 is 29.1 Å². The molecule has 0 aliphatic carbocycles. The van der Waals surface area contributed by atoms with Gasteiger partial charge in [-0.1, -0.05) is 13.8 Å². The van der Waals surface area contributed by atoms with Gasteiger partial charge < -0.3 is 32.5 Å². The van der Waals surface area contributed by atoms with Gasteiger partial charge in [0.1, 0.15) is 18.1 Å². The van der Waals surface area contributed by atoms with Crippen LogP contribution in [0.4, 0.5) is 0 Å². The van der Waals surface area contributed by atoms with Gasteiger partial charge in [0.15, 0.2) is 0 Å². The molecule has 4 atom stereocenters. The molecular weight excluding hydrogens is 414 g/mol. The minimum atomic E-state index is -1.16. The number of thioether (sulfide) groups is 1. The van der Waals surface area contributed by atoms with E-state index >= 15 is 0 Å². The Labute approximate surface area is 180 Å². The number of carboxylic acid groups (broad SMARTS) is 1. The number of amides is 4. The summed E-state index contributed by atoms with van der Waals surface area (Å²) in [4.78, 5) is 59.1. The maximum Gasteiger partial charge on any atom is 0.326 e. The van der Waals surface area contributed by atoms with Gasteiger partial charge in [-0.25, -0.2) is 4.79 Å². The highest BCUT2D eigenvalue weighted by atomic mass is 32.2. The standard InChI is InChI=1S/C18H33N5O6S/c1-9(2)14(17(27)22-12(18(28)29)7-8-30-4)23-15(25)10(3)21-16(26)11(19)5-6-13(20)24/h9-12,14H,5-8,19H2,1-4H3,(H2,20,24)(H,21,26)(H,22,27)(H,23,25)(H,28,29). The normalized spacial score (nSPS) is 14.9. The van der Waals surface area contributed by atoms with E-state index in [1.165, 1.54) is 18.7 Å². The molecule has 4 unspecified atom stereocenters. The fraction of sp³-hybridized carbons (Fsp3) is 0.722. The van der Waals surface area contributed by atoms with Crippen LogP contribution in [-0.2, 0) is 24.0 Å². The SMILES string of the molecule is CSCCC(NC(=O)C(NC(=O)C(C)NC(=O)C(N)CCC(N)=O)C(C)C)C(=O)O. The minimum absolute atomic E-state index is 0.0408. The largest absolute Gasteiger partial charge is 0.480 e. The Morgan fingerprint density at radius 3 is 2.00 bits per heavy atom. The van der Waals surface area contributed by atoms with Crippen molar-refractivity contribution in [2.45, 2.75) is 64.2 Å². The predicted octanol–water partition coefficient (Wildman–Crippen LogP) is -1.45. The van der Waals surface area contributed by atoms with Gasteiger partial charge in [0.2, 0.25) is 23.6 Å². The van der Waals surface area contributed by atoms with Crippen molar-refractivity contribution in [3.63, 3.8) is 0 Å². The second kappa shape index (κ2) is 13.8. The second-order valence-electron chi connectivity index (χ2n) is 7.25. The molecule has 0 aliphatic heterocycles. The molecule has 0 aromatic carbocycles. The van der Waals surface area contributed by atoms with Crippen LogP contribution in [0, 0.1) is 5.92 Å². The summed E-state index contributed by atoms with van der Waals surface area (Å²) >= 11 is 1.46. The fourth-order valence-corrected chi connectivity index (χ4v) is 2.85. The van der Waals surface area contributed by atoms with Crippen molar-refractivity contribution in [1.82, 2.24) is 16.0 Å². The molecule has 4 amide bonds. The molecule has 0 rings (SSSR count). The molecule has 0 saturated carbocycles. The van der Waals surface area contributed by atoms with Gasteiger partial charge in [-0.05, 0) is 37.7 Å². The van der Waals surface area contributed by atoms with Crippen LogP contribution in [0.25, 0.3) is 0 Å². The second-order valence-corrected chi connectivity index (χ2v) is 8.24. The van der Waals surface area contributed by atoms with E-state index in [0.29, 0.717) is 5.75 Å². The maximum atomic E-state index is 12.6. The van der Waals surface area contributed by atoms with Crippen LogP contribution in [0.5, 0.6) is 0 Å². The number of primary amides is 1. The number of carboxylic acids is 1. The topological polar surface area (TPSA) is 194 Å². The summed E-state index contributed by atoms with van der Waals surface area (Å²) in [6, 6.07) is -4.07. The lowest BCUT2D eigenvalue weighted by atomic mass is 10.0. The van der Waals surface area contributed by atoms with E-state index in [2.05, 4.69) is 16.0 Å². The highest BCUT2D eigenvalue weighted by molar-refractivity contribution is 7.98. The first-order chi connectivity index (χ1) is 13.9. The average Bonchev–Trinajstić information content (AvgIpc) is 2.65. The zero-order valence-corrected chi connectivity index (χ0v) is 18.6. The Morgan fingerprint density at radius 1 is 0.933 bits per heavy atom. The summed E-state index contributed by atoms with van der Waals surface area (Å²) in [7, 11) is 0. The van der Waals surface area contributed by atoms with Gasteiger partial charge in [0, 0.05) is 6.42 Å². The van der Waals surface area contributed by atoms with Gasteiger partial charge in [-0.2, -0.15) is 11.8 Å². The van der Waals surface area contributed by atoms with E-state index in [-0.39, 0.29) is 25.2 Å². The molecule has 30 heavy (non-hydrogen) atoms. The monoisotopic (exact) mass is 447 g/mol. The third-order valence-corrected chi connectivity index (χ3v) is 4.91. The highest BCUT2D eigenvalue weighted by Crippen LogP contribution is 2.06. The van der Waals surface area contributed by atoms with E-state index in [9.17, 15) is 29.1 Å². The zero-order valence-electron chi connectivity index (χ0n) is 17.8. The minimum Gasteiger partial charge on any atom is -0.480 e. The summed E-state index contributed by atoms with van der Waals surface area (Å²) in [5, 5.41) is 16.7. The van der Waals surface area contributed by atoms with Crippen molar-refractivity contribution in [3.8, 4) is 0 Å². The van der Waals surface area contributed by atoms with Gasteiger partial charge in [0.25, 0.3) is 0 Å². The summed E-state index contributed by atoms with van der Waals surface area (Å²) in [5.74, 6) is -3.41. The molecule has 0 heterocycles. The van der Waals surface area contributed by atoms with Crippen LogP contribution >= 0.6 is 11.8 Å². The fourth-order valence-electron chi connectivity index (χ4n) is 2.38. The average molecular weight is 448 g/mol. The van der Waals surface area contributed by atoms with E-state index in [4.69, 9.17) is 11.5 Å². The molecule has 172 valence electrons. The van der Waals surface area contributed by atoms with Gasteiger partial charge in [-0.3, -0.25) is 19.2 Å². The molecule has 0 aromatic rings. The molecule has 0 fully saturated rings. The molecule has 0 aromatic heterocycles. The summed E-state index contributed by atoms with van der Waals surface area (Å²) in [6.45, 7) is 4.82. The Hall–Kier alpha value is -2.34. The van der Waals surface area contributed by atoms with E-state index in [0.717, 1.165) is 0 Å². The van der Waals surface area contributed by atoms with Gasteiger partial charge in [-0.15, -0.1) is 0 Å². The maximum absolute atomic E-state index is 12.6. The molecule has 0 spiro atoms. The number of hydrogen-bond donors (Lipinski definition) is 6. The molecule has 0 bridgehead atoms. The van der Waals surface area contributed by atoms with Crippen LogP contribution in [0.3, 0.4) is 0 Å². The molecule has 8 N–H and O–H groups in total. The third-order valence-electron chi connectivity index (χ3n) is 4.26. The third kappa shape index (κ3) is 10.4. The Balaban J connectivity index is 4.93. The Morgan fingerprint density at radius 2 is 1.53 bits per heavy atom. The first-order valence-corrected chi connectivity index (χ1v) is 11.0. The number of nitrogens with one attached hydrogen (secondary N) is 3. The van der Waals surface area contributed by atoms with Crippen molar-refractivity contribution >= 4 is 41.4 Å². The number of nitrogens with two attached hydrogens (primary N) is 2. The van der Waals surface area contributed by atoms with Crippen LogP contribution in [-0.4, -0.2) is 70.9 Å². The quantitative estimate of drug-likeness (QED) is 0.186. The Bertz CT molecular complexity index is 630. The molecule has 0 saturated heterocycles. The van der Waals surface area contributed by atoms with E-state index < -0.39 is 53.8 Å². The van der Waals surface area contributed by atoms with Crippen LogP contribution < -0.4 is 27.4 Å². The molecule has 11 nitrogen and oxygen atoms in total. The van der Waals surface area contributed by atoms with E-state index in [1.54, 1.807) is 13.8 Å². The lowest BCUT2D eigenvalue weighted by molar-refractivity contribution is -0.142. The van der Waals surface area contributed by atoms with Crippen molar-refractivity contribution in [2.75, 3.05) is 12.0 Å². The number of carbonyl (C=O) groups excluding carboxylic acids is 4. The van der Waals surface area contributed by atoms with Crippen LogP contribution in [0.15, 0.2) is 0 Å². The number of rotatable bonds is 14. The first kappa shape index (κ1) is 27.7. The Kier molecular flexibility index (Phi) is 12.7. The molecular formula is C18H33N5O6S. The lowest BCUT2D eigenvalue weighted by Crippen LogP contribution is -2.57. The summed E-state index contributed by atoms with van der Waals surface area (Å²) in [6.07, 6.45) is 2.05. The van der Waals surface area contributed by atoms with Crippen LogP contribution in [0.2, 0.25) is 0 Å². The van der Waals surface area contributed by atoms with Crippen molar-refractivity contribution in [3.05, 3.63) is 0 Å². The first-order valence-electron chi connectivity index (χ1n) is 9.57. The van der Waals surface area contributed by atoms with Gasteiger partial charge >= 0.3 is 5.97 Å². The highest BCUT2D eigenvalue weighted by Gasteiger charge is 2.30. The number of hydrogen-bond acceptors (Lipinski definition) is 7. The van der Waals surface area contributed by atoms with Crippen molar-refractivity contribution in [1.29, 1.82) is 0 Å². The molecule has 12 heteroatoms. The summed E-state index contributed by atoms with van der Waals surface area (Å²) in [5.41, 5.74) is 10.7. The molecule has 0 aliphatic rings. The smallest absolute Gasteiger partial charge is 0.326 e. The number of carbonyl (C=O) groups is 5. The lowest BCUT2D eigenvalue weighted by Gasteiger charge is -2.26. The van der Waals surface area contributed by atoms with Crippen molar-refractivity contribution in [2.24, 2.45) is 17.4 Å². The summed E-state index contributed by atoms with van der Waals surface area (Å²) < 4.78 is 0. The van der Waals surface area contributed by atoms with E-state index in [1.807, 2.05) is 6.26 Å².